The zero-order valence-electron chi connectivity index (χ0n) is 6.10. The Labute approximate surface area is 73.5 Å². The van der Waals surface area contributed by atoms with Crippen molar-refractivity contribution in [1.82, 2.24) is 9.34 Å². The van der Waals surface area contributed by atoms with Gasteiger partial charge in [-0.1, -0.05) is 0 Å². The molecule has 0 atom stereocenters. The molecular weight excluding hydrogens is 267 g/mol. The van der Waals surface area contributed by atoms with Crippen LogP contribution >= 0.6 is 35.9 Å². The van der Waals surface area contributed by atoms with Gasteiger partial charge in [-0.2, -0.15) is 9.34 Å². The average Bonchev–Trinajstić information content (AvgIpc) is 1.65. The van der Waals surface area contributed by atoms with Crippen LogP contribution in [0, 0.1) is 0 Å². The summed E-state index contributed by atoms with van der Waals surface area (Å²) < 4.78 is 4.26. The third-order valence-corrected chi connectivity index (χ3v) is 10.5. The lowest BCUT2D eigenvalue weighted by molar-refractivity contribution is 0.588. The number of hydrogen-bond acceptors (Lipinski definition) is 2. The van der Waals surface area contributed by atoms with Crippen molar-refractivity contribution >= 4 is 35.9 Å². The van der Waals surface area contributed by atoms with Crippen LogP contribution in [-0.4, -0.2) is 37.5 Å². The Morgan fingerprint density at radius 2 is 1.11 bits per heavy atom. The Hall–Kier alpha value is 1.31. The predicted molar refractivity (Wildman–Crippen MR) is 52.1 cm³/mol. The van der Waals surface area contributed by atoms with Crippen LogP contribution in [0.15, 0.2) is 0 Å². The van der Waals surface area contributed by atoms with E-state index in [2.05, 4.69) is 40.3 Å². The van der Waals surface area contributed by atoms with E-state index < -0.39 is 4.97 Å². The van der Waals surface area contributed by atoms with E-state index in [-0.39, 0.29) is 0 Å². The molecule has 0 radical (unpaired) electrons. The van der Waals surface area contributed by atoms with Gasteiger partial charge in [0.15, 0.2) is 31.0 Å². The van der Waals surface area contributed by atoms with Gasteiger partial charge in [0.25, 0.3) is 4.97 Å². The van der Waals surface area contributed by atoms with Crippen molar-refractivity contribution < 1.29 is 0 Å². The Bertz CT molecular complexity index is 84.6. The van der Waals surface area contributed by atoms with Gasteiger partial charge in [0.05, 0.1) is 0 Å². The largest absolute Gasteiger partial charge is 0.292 e. The van der Waals surface area contributed by atoms with Gasteiger partial charge in [-0.15, -0.1) is 0 Å². The first-order valence-electron chi connectivity index (χ1n) is 2.53. The lowest BCUT2D eigenvalue weighted by atomic mass is 11.3. The van der Waals surface area contributed by atoms with Crippen LogP contribution in [0.4, 0.5) is 0 Å². The summed E-state index contributed by atoms with van der Waals surface area (Å²) >= 11 is 7.18. The molecule has 0 heterocycles. The van der Waals surface area contributed by atoms with Crippen molar-refractivity contribution in [2.45, 2.75) is 0 Å². The lowest BCUT2D eigenvalue weighted by Gasteiger charge is -2.22. The highest BCUT2D eigenvalue weighted by Gasteiger charge is 2.39. The summed E-state index contributed by atoms with van der Waals surface area (Å²) in [5.74, 6) is 0. The summed E-state index contributed by atoms with van der Waals surface area (Å²) in [7, 11) is 8.16. The first kappa shape index (κ1) is 10.3. The molecule has 0 amide bonds. The maximum absolute atomic E-state index is 3.59. The number of hydrogen-bond donors (Lipinski definition) is 0. The van der Waals surface area contributed by atoms with Crippen LogP contribution in [-0.2, 0) is 0 Å². The van der Waals surface area contributed by atoms with E-state index in [9.17, 15) is 0 Å². The molecule has 0 fully saturated rings. The zero-order chi connectivity index (χ0) is 7.65. The van der Waals surface area contributed by atoms with E-state index >= 15 is 0 Å². The molecule has 0 aromatic rings. The van der Waals surface area contributed by atoms with Gasteiger partial charge in [0.2, 0.25) is 0 Å². The predicted octanol–water partition coefficient (Wildman–Crippen LogP) is 2.58. The first-order valence-corrected chi connectivity index (χ1v) is 8.26. The molecule has 0 aromatic carbocycles. The van der Waals surface area contributed by atoms with Crippen LogP contribution < -0.4 is 0 Å². The van der Waals surface area contributed by atoms with Gasteiger partial charge >= 0.3 is 0 Å². The van der Waals surface area contributed by atoms with E-state index in [1.54, 1.807) is 0 Å². The highest BCUT2D eigenvalue weighted by molar-refractivity contribution is 9.72. The van der Waals surface area contributed by atoms with Crippen LogP contribution in [0.1, 0.15) is 0 Å². The molecule has 0 rings (SSSR count). The van der Waals surface area contributed by atoms with Crippen LogP contribution in [0.5, 0.6) is 0 Å². The summed E-state index contributed by atoms with van der Waals surface area (Å²) in [4.78, 5) is -1.29. The summed E-state index contributed by atoms with van der Waals surface area (Å²) in [6, 6.07) is 0. The topological polar surface area (TPSA) is 6.48 Å². The monoisotopic (exact) mass is 277 g/mol. The quantitative estimate of drug-likeness (QED) is 0.717. The molecule has 0 spiro atoms. The fourth-order valence-corrected chi connectivity index (χ4v) is 1.07. The van der Waals surface area contributed by atoms with Crippen molar-refractivity contribution in [2.24, 2.45) is 0 Å². The van der Waals surface area contributed by atoms with E-state index in [1.165, 1.54) is 0 Å². The van der Waals surface area contributed by atoms with E-state index in [4.69, 9.17) is 0 Å². The maximum Gasteiger partial charge on any atom is 0.292 e. The highest BCUT2D eigenvalue weighted by Crippen LogP contribution is 2.75. The van der Waals surface area contributed by atoms with E-state index in [0.29, 0.717) is 0 Å². The van der Waals surface area contributed by atoms with Gasteiger partial charge < -0.3 is 0 Å². The Balaban J connectivity index is 4.01. The smallest absolute Gasteiger partial charge is 0.151 e. The SMILES string of the molecule is CN(C)[P+](Br)(Br)N(C)C. The normalized spacial score (nSPS) is 13.3. The van der Waals surface area contributed by atoms with Crippen molar-refractivity contribution in [1.29, 1.82) is 0 Å². The van der Waals surface area contributed by atoms with Gasteiger partial charge in [-0.05, 0) is 0 Å². The molecular formula is C4H12Br2N2P+. The molecule has 0 aromatic heterocycles. The van der Waals surface area contributed by atoms with Gasteiger partial charge in [0, 0.05) is 28.2 Å². The van der Waals surface area contributed by atoms with Crippen LogP contribution in [0.3, 0.4) is 0 Å². The molecule has 9 heavy (non-hydrogen) atoms. The molecule has 0 saturated carbocycles. The minimum absolute atomic E-state index is 1.29. The van der Waals surface area contributed by atoms with E-state index in [0.717, 1.165) is 0 Å². The third-order valence-electron chi connectivity index (χ3n) is 0.963. The van der Waals surface area contributed by atoms with Gasteiger partial charge in [-0.3, -0.25) is 0 Å². The fraction of sp³-hybridized carbons (Fsp3) is 1.00. The van der Waals surface area contributed by atoms with Crippen molar-refractivity contribution in [3.8, 4) is 0 Å². The second kappa shape index (κ2) is 3.63. The molecule has 0 N–H and O–H groups in total. The highest BCUT2D eigenvalue weighted by atomic mass is 79.9. The molecule has 0 unspecified atom stereocenters. The molecule has 56 valence electrons. The lowest BCUT2D eigenvalue weighted by Crippen LogP contribution is -2.17. The number of nitrogens with zero attached hydrogens (tertiary/aromatic N) is 2. The minimum Gasteiger partial charge on any atom is -0.151 e. The second-order valence-electron chi connectivity index (χ2n) is 2.15. The van der Waals surface area contributed by atoms with Crippen molar-refractivity contribution in [2.75, 3.05) is 28.2 Å². The molecule has 2 nitrogen and oxygen atoms in total. The van der Waals surface area contributed by atoms with Crippen LogP contribution in [0.2, 0.25) is 0 Å². The minimum atomic E-state index is -1.29. The van der Waals surface area contributed by atoms with Crippen molar-refractivity contribution in [3.05, 3.63) is 0 Å². The van der Waals surface area contributed by atoms with Gasteiger partial charge in [0.1, 0.15) is 0 Å². The van der Waals surface area contributed by atoms with E-state index in [1.807, 2.05) is 28.2 Å². The number of rotatable bonds is 2. The van der Waals surface area contributed by atoms with Crippen LogP contribution in [0.25, 0.3) is 0 Å². The molecule has 5 heteroatoms. The zero-order valence-corrected chi connectivity index (χ0v) is 10.2. The first-order chi connectivity index (χ1) is 3.89. The second-order valence-corrected chi connectivity index (χ2v) is 13.5. The fourth-order valence-electron chi connectivity index (χ4n) is 0.358. The number of halogens is 2. The maximum atomic E-state index is 3.59. The Morgan fingerprint density at radius 3 is 1.11 bits per heavy atom. The Morgan fingerprint density at radius 1 is 0.889 bits per heavy atom. The Kier molecular flexibility index (Phi) is 4.16. The molecule has 0 aliphatic carbocycles. The standard InChI is InChI=1S/C4H12Br2N2P/c1-7(2)9(5,6)8(3)4/h1-4H3/q+1. The summed E-state index contributed by atoms with van der Waals surface area (Å²) in [6.45, 7) is 0. The van der Waals surface area contributed by atoms with Crippen molar-refractivity contribution in [3.63, 3.8) is 0 Å². The third kappa shape index (κ3) is 2.81. The molecule has 0 saturated heterocycles. The summed E-state index contributed by atoms with van der Waals surface area (Å²) in [5, 5.41) is 0. The molecule has 0 bridgehead atoms. The van der Waals surface area contributed by atoms with Gasteiger partial charge in [-0.25, -0.2) is 0 Å². The average molecular weight is 279 g/mol. The molecule has 0 aliphatic rings. The molecule has 0 aliphatic heterocycles. The summed E-state index contributed by atoms with van der Waals surface area (Å²) in [5.41, 5.74) is 0. The summed E-state index contributed by atoms with van der Waals surface area (Å²) in [6.07, 6.45) is 0.